The Hall–Kier alpha value is -1.74. The summed E-state index contributed by atoms with van der Waals surface area (Å²) < 4.78 is 0. The largest absolute Gasteiger partial charge is 0.302 e. The Morgan fingerprint density at radius 2 is 2.14 bits per heavy atom. The molecule has 1 heterocycles. The second-order valence-electron chi connectivity index (χ2n) is 7.17. The van der Waals surface area contributed by atoms with E-state index >= 15 is 0 Å². The minimum atomic E-state index is 0.359. The third-order valence-electron chi connectivity index (χ3n) is 6.56. The van der Waals surface area contributed by atoms with Crippen molar-refractivity contribution in [2.45, 2.75) is 39.0 Å². The lowest BCUT2D eigenvalue weighted by Crippen LogP contribution is -2.25. The first-order valence-corrected chi connectivity index (χ1v) is 7.98. The first kappa shape index (κ1) is 11.9. The van der Waals surface area contributed by atoms with Crippen LogP contribution in [0.25, 0.3) is 5.57 Å². The van der Waals surface area contributed by atoms with Crippen molar-refractivity contribution in [1.29, 1.82) is 0 Å². The van der Waals surface area contributed by atoms with Gasteiger partial charge >= 0.3 is 0 Å². The molecule has 1 aromatic rings. The van der Waals surface area contributed by atoms with Crippen LogP contribution in [0, 0.1) is 11.3 Å². The topological polar surface area (TPSA) is 36.1 Å². The van der Waals surface area contributed by atoms with Gasteiger partial charge in [-0.3, -0.25) is 0 Å². The number of benzene rings is 1. The summed E-state index contributed by atoms with van der Waals surface area (Å²) >= 11 is 0. The average molecular weight is 279 g/mol. The summed E-state index contributed by atoms with van der Waals surface area (Å²) in [6.07, 6.45) is 3.92. The van der Waals surface area contributed by atoms with Gasteiger partial charge < -0.3 is 10.9 Å². The first-order chi connectivity index (χ1) is 10.1. The second kappa shape index (κ2) is 3.53. The van der Waals surface area contributed by atoms with Crippen molar-refractivity contribution < 1.29 is 0 Å². The summed E-state index contributed by atoms with van der Waals surface area (Å²) in [6.45, 7) is 9.12. The normalized spacial score (nSPS) is 35.2. The van der Waals surface area contributed by atoms with Gasteiger partial charge in [0.2, 0.25) is 0 Å². The van der Waals surface area contributed by atoms with E-state index in [1.807, 2.05) is 0 Å². The maximum atomic E-state index is 4.40. The predicted molar refractivity (Wildman–Crippen MR) is 86.7 cm³/mol. The molecule has 3 unspecified atom stereocenters. The van der Waals surface area contributed by atoms with Crippen molar-refractivity contribution in [2.75, 3.05) is 10.9 Å². The number of hydrogen-bond acceptors (Lipinski definition) is 3. The molecule has 21 heavy (non-hydrogen) atoms. The van der Waals surface area contributed by atoms with Crippen LogP contribution in [0.3, 0.4) is 0 Å². The highest BCUT2D eigenvalue weighted by atomic mass is 15.6. The van der Waals surface area contributed by atoms with Gasteiger partial charge in [-0.15, -0.1) is 5.53 Å². The van der Waals surface area contributed by atoms with E-state index in [2.05, 4.69) is 48.9 Å². The summed E-state index contributed by atoms with van der Waals surface area (Å²) in [5.74, 6) is 1.29. The summed E-state index contributed by atoms with van der Waals surface area (Å²) in [4.78, 5) is 0. The van der Waals surface area contributed by atoms with Gasteiger partial charge in [-0.1, -0.05) is 19.6 Å². The van der Waals surface area contributed by atoms with Gasteiger partial charge in [0.15, 0.2) is 0 Å². The second-order valence-corrected chi connectivity index (χ2v) is 7.17. The molecule has 1 spiro atoms. The van der Waals surface area contributed by atoms with Gasteiger partial charge in [0, 0.05) is 5.41 Å². The molecule has 3 heteroatoms. The summed E-state index contributed by atoms with van der Waals surface area (Å²) in [7, 11) is 0. The molecule has 1 aromatic carbocycles. The van der Waals surface area contributed by atoms with Gasteiger partial charge in [0.25, 0.3) is 0 Å². The molecule has 1 fully saturated rings. The van der Waals surface area contributed by atoms with E-state index in [-0.39, 0.29) is 0 Å². The number of hydrazine groups is 2. The number of allylic oxidation sites excluding steroid dienone is 3. The maximum absolute atomic E-state index is 4.40. The molecular formula is C18H21N3. The van der Waals surface area contributed by atoms with E-state index in [1.54, 1.807) is 5.57 Å². The van der Waals surface area contributed by atoms with Gasteiger partial charge in [0.05, 0.1) is 11.4 Å². The third kappa shape index (κ3) is 1.17. The molecule has 3 atom stereocenters. The Morgan fingerprint density at radius 3 is 3.00 bits per heavy atom. The molecule has 3 nitrogen and oxygen atoms in total. The molecule has 1 saturated carbocycles. The molecule has 4 aliphatic rings. The number of nitrogens with one attached hydrogen (secondary N) is 3. The van der Waals surface area contributed by atoms with Crippen LogP contribution >= 0.6 is 0 Å². The van der Waals surface area contributed by atoms with Crippen LogP contribution in [0.5, 0.6) is 0 Å². The quantitative estimate of drug-likeness (QED) is 0.666. The van der Waals surface area contributed by atoms with Crippen molar-refractivity contribution in [3.63, 3.8) is 0 Å². The van der Waals surface area contributed by atoms with Crippen LogP contribution in [0.4, 0.5) is 11.4 Å². The molecule has 0 amide bonds. The van der Waals surface area contributed by atoms with E-state index in [4.69, 9.17) is 0 Å². The van der Waals surface area contributed by atoms with Crippen LogP contribution in [-0.4, -0.2) is 0 Å². The fourth-order valence-corrected chi connectivity index (χ4v) is 5.48. The highest BCUT2D eigenvalue weighted by Crippen LogP contribution is 2.70. The van der Waals surface area contributed by atoms with Gasteiger partial charge in [-0.25, -0.2) is 0 Å². The Labute approximate surface area is 125 Å². The van der Waals surface area contributed by atoms with E-state index in [0.29, 0.717) is 17.3 Å². The molecule has 3 aliphatic carbocycles. The number of rotatable bonds is 0. The number of hydrogen-bond donors (Lipinski definition) is 3. The monoisotopic (exact) mass is 279 g/mol. The lowest BCUT2D eigenvalue weighted by atomic mass is 9.67. The Bertz CT molecular complexity index is 730. The van der Waals surface area contributed by atoms with Crippen molar-refractivity contribution in [1.82, 2.24) is 5.53 Å². The van der Waals surface area contributed by atoms with Gasteiger partial charge in [-0.2, -0.15) is 0 Å². The zero-order valence-corrected chi connectivity index (χ0v) is 12.6. The van der Waals surface area contributed by atoms with Crippen LogP contribution in [0.2, 0.25) is 0 Å². The highest BCUT2D eigenvalue weighted by Gasteiger charge is 2.56. The smallest absolute Gasteiger partial charge is 0.0791 e. The van der Waals surface area contributed by atoms with Crippen LogP contribution < -0.4 is 16.4 Å². The summed E-state index contributed by atoms with van der Waals surface area (Å²) in [5.41, 5.74) is 19.7. The van der Waals surface area contributed by atoms with Gasteiger partial charge in [-0.05, 0) is 71.9 Å². The van der Waals surface area contributed by atoms with Crippen molar-refractivity contribution in [3.8, 4) is 0 Å². The molecule has 5 rings (SSSR count). The number of anilines is 2. The average Bonchev–Trinajstić information content (AvgIpc) is 3.15. The Kier molecular flexibility index (Phi) is 1.99. The van der Waals surface area contributed by atoms with E-state index in [9.17, 15) is 0 Å². The molecule has 2 bridgehead atoms. The van der Waals surface area contributed by atoms with Crippen molar-refractivity contribution in [2.24, 2.45) is 11.3 Å². The Morgan fingerprint density at radius 1 is 1.29 bits per heavy atom. The maximum Gasteiger partial charge on any atom is 0.0791 e. The fraction of sp³-hybridized carbons (Fsp3) is 0.444. The summed E-state index contributed by atoms with van der Waals surface area (Å²) in [5, 5.41) is 0. The molecule has 0 radical (unpaired) electrons. The molecule has 0 saturated heterocycles. The third-order valence-corrected chi connectivity index (χ3v) is 6.56. The van der Waals surface area contributed by atoms with Crippen LogP contribution in [-0.2, 0) is 0 Å². The minimum absolute atomic E-state index is 0.359. The van der Waals surface area contributed by atoms with Crippen molar-refractivity contribution in [3.05, 3.63) is 41.0 Å². The zero-order chi connectivity index (χ0) is 14.4. The highest BCUT2D eigenvalue weighted by molar-refractivity contribution is 5.92. The lowest BCUT2D eigenvalue weighted by molar-refractivity contribution is 0.345. The molecule has 0 aromatic heterocycles. The van der Waals surface area contributed by atoms with E-state index in [1.165, 1.54) is 52.9 Å². The Balaban J connectivity index is 1.85. The van der Waals surface area contributed by atoms with Crippen LogP contribution in [0.1, 0.15) is 50.2 Å². The van der Waals surface area contributed by atoms with Crippen LogP contribution in [0.15, 0.2) is 29.9 Å². The molecule has 108 valence electrons. The SMILES string of the molecule is C=C1C(C)=C2c3ccc4c(c3C(C)C23CCC1C3)NNN4. The van der Waals surface area contributed by atoms with Gasteiger partial charge in [0.1, 0.15) is 0 Å². The minimum Gasteiger partial charge on any atom is -0.302 e. The number of fused-ring (bicyclic) bond motifs is 5. The summed E-state index contributed by atoms with van der Waals surface area (Å²) in [6, 6.07) is 4.50. The first-order valence-electron chi connectivity index (χ1n) is 7.98. The van der Waals surface area contributed by atoms with E-state index in [0.717, 1.165) is 0 Å². The lowest BCUT2D eigenvalue weighted by Gasteiger charge is -2.37. The van der Waals surface area contributed by atoms with E-state index < -0.39 is 0 Å². The predicted octanol–water partition coefficient (Wildman–Crippen LogP) is 4.19. The zero-order valence-electron chi connectivity index (χ0n) is 12.6. The standard InChI is InChI=1S/C18H21N3/c1-9-10(2)16-13-4-5-14-17(20-21-19-14)15(13)11(3)18(16)7-6-12(9)8-18/h4-5,11-12,19-21H,1,6-8H2,2-3H3. The molecule has 3 N–H and O–H groups in total. The fourth-order valence-electron chi connectivity index (χ4n) is 5.48. The molecular weight excluding hydrogens is 258 g/mol. The van der Waals surface area contributed by atoms with Crippen molar-refractivity contribution >= 4 is 16.9 Å². The molecule has 1 aliphatic heterocycles.